The van der Waals surface area contributed by atoms with Crippen molar-refractivity contribution < 1.29 is 9.53 Å². The number of anilines is 1. The Morgan fingerprint density at radius 3 is 2.81 bits per heavy atom. The average Bonchev–Trinajstić information content (AvgIpc) is 3.04. The van der Waals surface area contributed by atoms with Crippen LogP contribution in [0.5, 0.6) is 5.75 Å². The van der Waals surface area contributed by atoms with Gasteiger partial charge in [-0.3, -0.25) is 4.79 Å². The highest BCUT2D eigenvalue weighted by atomic mass is 35.5. The molecule has 1 aromatic heterocycles. The number of rotatable bonds is 6. The van der Waals surface area contributed by atoms with Crippen molar-refractivity contribution in [1.82, 2.24) is 14.9 Å². The summed E-state index contributed by atoms with van der Waals surface area (Å²) in [5.74, 6) is 7.85. The van der Waals surface area contributed by atoms with Gasteiger partial charge in [-0.2, -0.15) is 0 Å². The van der Waals surface area contributed by atoms with Crippen LogP contribution in [0.4, 0.5) is 5.69 Å². The van der Waals surface area contributed by atoms with Gasteiger partial charge in [0.25, 0.3) is 0 Å². The highest BCUT2D eigenvalue weighted by Gasteiger charge is 2.23. The number of thioether (sulfide) groups is 1. The second-order valence-corrected chi connectivity index (χ2v) is 8.03. The molecule has 0 aliphatic heterocycles. The fraction of sp³-hybridized carbons (Fsp3) is 0.500. The van der Waals surface area contributed by atoms with E-state index in [9.17, 15) is 4.79 Å². The number of methoxy groups -OCH3 is 1. The molecule has 1 aromatic carbocycles. The number of benzene rings is 1. The standard InChI is InChI=1S/C18H24ClN5O2S/c1-11-8-14(15(26-2)9-13(11)19)21-16(25)10-27-18-23-22-17(24(18)20)12-6-4-3-5-7-12/h8-9,12H,3-7,10,20H2,1-2H3,(H,21,25). The van der Waals surface area contributed by atoms with E-state index in [0.29, 0.717) is 27.5 Å². The van der Waals surface area contributed by atoms with Gasteiger partial charge in [0, 0.05) is 17.0 Å². The third-order valence-electron chi connectivity index (χ3n) is 4.75. The van der Waals surface area contributed by atoms with E-state index in [-0.39, 0.29) is 11.7 Å². The first kappa shape index (κ1) is 19.8. The van der Waals surface area contributed by atoms with Crippen LogP contribution in [-0.4, -0.2) is 33.6 Å². The second kappa shape index (κ2) is 8.84. The van der Waals surface area contributed by atoms with E-state index in [4.69, 9.17) is 22.2 Å². The SMILES string of the molecule is COc1cc(Cl)c(C)cc1NC(=O)CSc1nnc(C2CCCCC2)n1N. The van der Waals surface area contributed by atoms with E-state index in [1.807, 2.05) is 6.92 Å². The number of amides is 1. The van der Waals surface area contributed by atoms with Crippen molar-refractivity contribution in [3.05, 3.63) is 28.5 Å². The molecule has 1 aliphatic rings. The lowest BCUT2D eigenvalue weighted by Crippen LogP contribution is -2.20. The molecule has 1 heterocycles. The summed E-state index contributed by atoms with van der Waals surface area (Å²) < 4.78 is 6.81. The molecule has 0 atom stereocenters. The number of nitrogens with zero attached hydrogens (tertiary/aromatic N) is 3. The maximum atomic E-state index is 12.4. The summed E-state index contributed by atoms with van der Waals surface area (Å²) in [5, 5.41) is 12.4. The number of hydrogen-bond donors (Lipinski definition) is 2. The zero-order valence-corrected chi connectivity index (χ0v) is 17.1. The van der Waals surface area contributed by atoms with Crippen LogP contribution in [0.25, 0.3) is 0 Å². The van der Waals surface area contributed by atoms with Crippen LogP contribution in [0.1, 0.15) is 49.4 Å². The van der Waals surface area contributed by atoms with Gasteiger partial charge in [-0.05, 0) is 31.4 Å². The summed E-state index contributed by atoms with van der Waals surface area (Å²) in [6.45, 7) is 1.87. The third kappa shape index (κ3) is 4.68. The Hall–Kier alpha value is -1.93. The molecule has 0 unspecified atom stereocenters. The first-order valence-electron chi connectivity index (χ1n) is 8.96. The minimum atomic E-state index is -0.178. The Morgan fingerprint density at radius 1 is 1.37 bits per heavy atom. The molecule has 1 amide bonds. The monoisotopic (exact) mass is 409 g/mol. The van der Waals surface area contributed by atoms with Gasteiger partial charge in [0.05, 0.1) is 18.6 Å². The molecule has 2 aromatic rings. The number of nitrogens with one attached hydrogen (secondary N) is 1. The van der Waals surface area contributed by atoms with E-state index >= 15 is 0 Å². The van der Waals surface area contributed by atoms with Crippen molar-refractivity contribution in [3.8, 4) is 5.75 Å². The number of carbonyl (C=O) groups is 1. The minimum Gasteiger partial charge on any atom is -0.495 e. The van der Waals surface area contributed by atoms with Crippen molar-refractivity contribution in [2.45, 2.75) is 50.1 Å². The number of hydrogen-bond acceptors (Lipinski definition) is 6. The molecule has 0 radical (unpaired) electrons. The largest absolute Gasteiger partial charge is 0.495 e. The number of halogens is 1. The van der Waals surface area contributed by atoms with Gasteiger partial charge in [0.15, 0.2) is 5.82 Å². The van der Waals surface area contributed by atoms with Crippen LogP contribution < -0.4 is 15.9 Å². The lowest BCUT2D eigenvalue weighted by molar-refractivity contribution is -0.113. The number of aromatic nitrogens is 3. The lowest BCUT2D eigenvalue weighted by atomic mass is 9.89. The van der Waals surface area contributed by atoms with Gasteiger partial charge in [-0.1, -0.05) is 42.6 Å². The van der Waals surface area contributed by atoms with Crippen molar-refractivity contribution in [2.24, 2.45) is 0 Å². The van der Waals surface area contributed by atoms with Crippen LogP contribution in [0.2, 0.25) is 5.02 Å². The Bertz CT molecular complexity index is 820. The molecule has 1 aliphatic carbocycles. The quantitative estimate of drug-likeness (QED) is 0.557. The minimum absolute atomic E-state index is 0.171. The number of carbonyl (C=O) groups excluding carboxylic acids is 1. The molecule has 9 heteroatoms. The van der Waals surface area contributed by atoms with E-state index < -0.39 is 0 Å². The predicted molar refractivity (Wildman–Crippen MR) is 108 cm³/mol. The van der Waals surface area contributed by atoms with Gasteiger partial charge in [0.2, 0.25) is 11.1 Å². The van der Waals surface area contributed by atoms with E-state index in [0.717, 1.165) is 24.2 Å². The highest BCUT2D eigenvalue weighted by Crippen LogP contribution is 2.33. The molecule has 1 fully saturated rings. The molecule has 27 heavy (non-hydrogen) atoms. The Labute approximate surface area is 168 Å². The van der Waals surface area contributed by atoms with Crippen molar-refractivity contribution in [2.75, 3.05) is 24.0 Å². The Morgan fingerprint density at radius 2 is 2.11 bits per heavy atom. The fourth-order valence-corrected chi connectivity index (χ4v) is 4.09. The molecule has 1 saturated carbocycles. The van der Waals surface area contributed by atoms with Crippen molar-refractivity contribution in [1.29, 1.82) is 0 Å². The van der Waals surface area contributed by atoms with Crippen LogP contribution in [0.15, 0.2) is 17.3 Å². The maximum absolute atomic E-state index is 12.4. The van der Waals surface area contributed by atoms with Gasteiger partial charge in [-0.25, -0.2) is 4.68 Å². The first-order chi connectivity index (χ1) is 13.0. The Kier molecular flexibility index (Phi) is 6.49. The molecule has 7 nitrogen and oxygen atoms in total. The summed E-state index contributed by atoms with van der Waals surface area (Å²) in [5.41, 5.74) is 1.45. The third-order valence-corrected chi connectivity index (χ3v) is 6.10. The molecular weight excluding hydrogens is 386 g/mol. The molecule has 0 saturated heterocycles. The van der Waals surface area contributed by atoms with Crippen LogP contribution >= 0.6 is 23.4 Å². The van der Waals surface area contributed by atoms with E-state index in [1.165, 1.54) is 42.8 Å². The molecule has 0 bridgehead atoms. The predicted octanol–water partition coefficient (Wildman–Crippen LogP) is 3.74. The van der Waals surface area contributed by atoms with Crippen LogP contribution in [-0.2, 0) is 4.79 Å². The van der Waals surface area contributed by atoms with Gasteiger partial charge >= 0.3 is 0 Å². The number of aryl methyl sites for hydroxylation is 1. The average molecular weight is 410 g/mol. The number of ether oxygens (including phenoxy) is 1. The summed E-state index contributed by atoms with van der Waals surface area (Å²) >= 11 is 7.36. The van der Waals surface area contributed by atoms with Gasteiger partial charge in [-0.15, -0.1) is 10.2 Å². The summed E-state index contributed by atoms with van der Waals surface area (Å²) in [6.07, 6.45) is 5.85. The molecule has 146 valence electrons. The molecular formula is C18H24ClN5O2S. The number of nitrogen functional groups attached to an aromatic ring is 1. The van der Waals surface area contributed by atoms with Crippen LogP contribution in [0.3, 0.4) is 0 Å². The summed E-state index contributed by atoms with van der Waals surface area (Å²) in [6, 6.07) is 3.48. The van der Waals surface area contributed by atoms with E-state index in [2.05, 4.69) is 15.5 Å². The van der Waals surface area contributed by atoms with Crippen molar-refractivity contribution >= 4 is 35.0 Å². The number of nitrogens with two attached hydrogens (primary N) is 1. The zero-order chi connectivity index (χ0) is 19.4. The maximum Gasteiger partial charge on any atom is 0.234 e. The Balaban J connectivity index is 1.61. The molecule has 3 N–H and O–H groups in total. The lowest BCUT2D eigenvalue weighted by Gasteiger charge is -2.20. The summed E-state index contributed by atoms with van der Waals surface area (Å²) in [4.78, 5) is 12.4. The van der Waals surface area contributed by atoms with Gasteiger partial charge < -0.3 is 15.9 Å². The van der Waals surface area contributed by atoms with Crippen molar-refractivity contribution in [3.63, 3.8) is 0 Å². The van der Waals surface area contributed by atoms with Gasteiger partial charge in [0.1, 0.15) is 5.75 Å². The molecule has 0 spiro atoms. The summed E-state index contributed by atoms with van der Waals surface area (Å²) in [7, 11) is 1.54. The normalized spacial score (nSPS) is 14.9. The fourth-order valence-electron chi connectivity index (χ4n) is 3.27. The second-order valence-electron chi connectivity index (χ2n) is 6.68. The topological polar surface area (TPSA) is 95.1 Å². The highest BCUT2D eigenvalue weighted by molar-refractivity contribution is 7.99. The smallest absolute Gasteiger partial charge is 0.234 e. The zero-order valence-electron chi connectivity index (χ0n) is 15.5. The van der Waals surface area contributed by atoms with E-state index in [1.54, 1.807) is 12.1 Å². The van der Waals surface area contributed by atoms with Crippen LogP contribution in [0, 0.1) is 6.92 Å². The first-order valence-corrected chi connectivity index (χ1v) is 10.3. The molecule has 3 rings (SSSR count).